The van der Waals surface area contributed by atoms with Crippen molar-refractivity contribution in [2.24, 2.45) is 0 Å². The first-order valence-corrected chi connectivity index (χ1v) is 14.3. The molecule has 1 saturated carbocycles. The monoisotopic (exact) mass is 490 g/mol. The molecule has 2 aromatic carbocycles. The summed E-state index contributed by atoms with van der Waals surface area (Å²) in [5.41, 5.74) is -0.424. The van der Waals surface area contributed by atoms with Gasteiger partial charge in [-0.05, 0) is 38.9 Å². The van der Waals surface area contributed by atoms with E-state index in [1.54, 1.807) is 0 Å². The van der Waals surface area contributed by atoms with Gasteiger partial charge in [0, 0.05) is 12.0 Å². The Morgan fingerprint density at radius 3 is 1.93 bits per heavy atom. The molecule has 29 heavy (non-hydrogen) atoms. The van der Waals surface area contributed by atoms with Gasteiger partial charge < -0.3 is 9.16 Å². The number of hydrogen-bond donors (Lipinski definition) is 0. The number of halogens is 4. The standard InChI is InChI=1S/C21H22Cl4O3Si/c1-29(2,3)28-20-17(24)15(22)19(16(23)18(20)25)27-21(12-8-7-11-14(21)26)13-9-5-4-6-10-13/h4-6,9-10H,7-8,11-12H2,1-3H3. The van der Waals surface area contributed by atoms with Gasteiger partial charge >= 0.3 is 0 Å². The summed E-state index contributed by atoms with van der Waals surface area (Å²) in [6, 6.07) is 9.38. The Kier molecular flexibility index (Phi) is 6.81. The lowest BCUT2D eigenvalue weighted by Gasteiger charge is -2.37. The summed E-state index contributed by atoms with van der Waals surface area (Å²) in [4.78, 5) is 13.1. The number of rotatable bonds is 5. The maximum Gasteiger partial charge on any atom is 0.242 e. The summed E-state index contributed by atoms with van der Waals surface area (Å²) in [5.74, 6) is 0.334. The third kappa shape index (κ3) is 4.57. The Morgan fingerprint density at radius 1 is 0.862 bits per heavy atom. The van der Waals surface area contributed by atoms with Crippen molar-refractivity contribution in [2.75, 3.05) is 0 Å². The van der Waals surface area contributed by atoms with Crippen molar-refractivity contribution in [3.8, 4) is 11.5 Å². The van der Waals surface area contributed by atoms with Crippen LogP contribution in [0.3, 0.4) is 0 Å². The Balaban J connectivity index is 2.13. The number of benzene rings is 2. The van der Waals surface area contributed by atoms with E-state index in [9.17, 15) is 4.79 Å². The van der Waals surface area contributed by atoms with Crippen LogP contribution in [-0.4, -0.2) is 14.1 Å². The number of carbonyl (C=O) groups is 1. The fourth-order valence-corrected chi connectivity index (χ4v) is 5.35. The second kappa shape index (κ2) is 8.68. The van der Waals surface area contributed by atoms with E-state index in [4.69, 9.17) is 55.6 Å². The van der Waals surface area contributed by atoms with Gasteiger partial charge in [-0.2, -0.15) is 0 Å². The Morgan fingerprint density at radius 2 is 1.41 bits per heavy atom. The summed E-state index contributed by atoms with van der Waals surface area (Å²) in [6.07, 6.45) is 2.60. The molecule has 3 rings (SSSR count). The lowest BCUT2D eigenvalue weighted by Crippen LogP contribution is -2.44. The molecule has 0 saturated heterocycles. The van der Waals surface area contributed by atoms with Crippen LogP contribution in [0.1, 0.15) is 31.2 Å². The zero-order valence-corrected chi connectivity index (χ0v) is 20.5. The molecule has 1 unspecified atom stereocenters. The lowest BCUT2D eigenvalue weighted by atomic mass is 9.78. The fourth-order valence-electron chi connectivity index (χ4n) is 3.43. The van der Waals surface area contributed by atoms with Crippen LogP contribution in [0.2, 0.25) is 39.7 Å². The maximum absolute atomic E-state index is 13.1. The molecule has 0 N–H and O–H groups in total. The Bertz CT molecular complexity index is 899. The highest BCUT2D eigenvalue weighted by Crippen LogP contribution is 2.53. The molecule has 0 heterocycles. The highest BCUT2D eigenvalue weighted by atomic mass is 35.5. The Hall–Kier alpha value is -0.913. The molecule has 8 heteroatoms. The van der Waals surface area contributed by atoms with E-state index in [1.165, 1.54) is 0 Å². The van der Waals surface area contributed by atoms with Gasteiger partial charge in [-0.1, -0.05) is 76.7 Å². The van der Waals surface area contributed by atoms with Crippen LogP contribution in [0.5, 0.6) is 11.5 Å². The molecule has 0 amide bonds. The van der Waals surface area contributed by atoms with E-state index in [0.29, 0.717) is 12.8 Å². The second-order valence-corrected chi connectivity index (χ2v) is 14.0. The minimum atomic E-state index is -2.03. The fraction of sp³-hybridized carbons (Fsp3) is 0.381. The first-order chi connectivity index (χ1) is 13.6. The summed E-state index contributed by atoms with van der Waals surface area (Å²) in [7, 11) is -2.03. The minimum Gasteiger partial charge on any atom is -0.542 e. The number of carbonyl (C=O) groups excluding carboxylic acids is 1. The predicted octanol–water partition coefficient (Wildman–Crippen LogP) is 7.93. The average Bonchev–Trinajstić information content (AvgIpc) is 2.68. The van der Waals surface area contributed by atoms with Crippen molar-refractivity contribution < 1.29 is 14.0 Å². The molecule has 0 aromatic heterocycles. The topological polar surface area (TPSA) is 35.5 Å². The van der Waals surface area contributed by atoms with Crippen molar-refractivity contribution in [3.05, 3.63) is 56.0 Å². The van der Waals surface area contributed by atoms with Gasteiger partial charge in [0.2, 0.25) is 8.32 Å². The summed E-state index contributed by atoms with van der Waals surface area (Å²) in [5, 5.41) is 0.431. The molecule has 1 atom stereocenters. The third-order valence-electron chi connectivity index (χ3n) is 4.74. The largest absolute Gasteiger partial charge is 0.542 e. The molecule has 0 radical (unpaired) electrons. The molecule has 0 spiro atoms. The number of Topliss-reactive ketones (excluding diaryl/α,β-unsaturated/α-hetero) is 1. The van der Waals surface area contributed by atoms with Gasteiger partial charge in [0.15, 0.2) is 17.1 Å². The highest BCUT2D eigenvalue weighted by Gasteiger charge is 2.45. The lowest BCUT2D eigenvalue weighted by molar-refractivity contribution is -0.138. The van der Waals surface area contributed by atoms with Gasteiger partial charge in [0.05, 0.1) is 0 Å². The molecular weight excluding hydrogens is 470 g/mol. The van der Waals surface area contributed by atoms with E-state index in [1.807, 2.05) is 50.0 Å². The molecule has 1 aliphatic carbocycles. The first-order valence-electron chi connectivity index (χ1n) is 9.39. The highest BCUT2D eigenvalue weighted by molar-refractivity contribution is 6.70. The van der Waals surface area contributed by atoms with Crippen LogP contribution < -0.4 is 9.16 Å². The molecule has 156 valence electrons. The van der Waals surface area contributed by atoms with Crippen LogP contribution in [0, 0.1) is 0 Å². The maximum atomic E-state index is 13.1. The SMILES string of the molecule is C[Si](C)(C)Oc1c(Cl)c(Cl)c(OC2(c3ccccc3)CCCCC2=O)c(Cl)c1Cl. The molecule has 1 fully saturated rings. The molecule has 3 nitrogen and oxygen atoms in total. The van der Waals surface area contributed by atoms with Gasteiger partial charge in [-0.3, -0.25) is 4.79 Å². The number of ether oxygens (including phenoxy) is 1. The minimum absolute atomic E-state index is 0.0169. The average molecular weight is 492 g/mol. The molecule has 0 aliphatic heterocycles. The van der Waals surface area contributed by atoms with Crippen LogP contribution in [0.25, 0.3) is 0 Å². The summed E-state index contributed by atoms with van der Waals surface area (Å²) < 4.78 is 12.3. The normalized spacial score (nSPS) is 19.9. The van der Waals surface area contributed by atoms with Crippen LogP contribution >= 0.6 is 46.4 Å². The van der Waals surface area contributed by atoms with Gasteiger partial charge in [-0.25, -0.2) is 0 Å². The molecular formula is C21H22Cl4O3Si. The van der Waals surface area contributed by atoms with E-state index < -0.39 is 13.9 Å². The summed E-state index contributed by atoms with van der Waals surface area (Å²) in [6.45, 7) is 5.99. The van der Waals surface area contributed by atoms with Crippen molar-refractivity contribution in [1.29, 1.82) is 0 Å². The molecule has 0 bridgehead atoms. The molecule has 2 aromatic rings. The zero-order valence-electron chi connectivity index (χ0n) is 16.5. The third-order valence-corrected chi connectivity index (χ3v) is 7.19. The smallest absolute Gasteiger partial charge is 0.242 e. The van der Waals surface area contributed by atoms with E-state index >= 15 is 0 Å². The summed E-state index contributed by atoms with van der Waals surface area (Å²) >= 11 is 26.1. The van der Waals surface area contributed by atoms with E-state index in [-0.39, 0.29) is 37.4 Å². The second-order valence-electron chi connectivity index (χ2n) is 8.05. The van der Waals surface area contributed by atoms with Crippen LogP contribution in [0.4, 0.5) is 0 Å². The predicted molar refractivity (Wildman–Crippen MR) is 123 cm³/mol. The van der Waals surface area contributed by atoms with Crippen LogP contribution in [0.15, 0.2) is 30.3 Å². The van der Waals surface area contributed by atoms with E-state index in [2.05, 4.69) is 0 Å². The van der Waals surface area contributed by atoms with Crippen molar-refractivity contribution in [3.63, 3.8) is 0 Å². The van der Waals surface area contributed by atoms with Gasteiger partial charge in [-0.15, -0.1) is 0 Å². The molecule has 1 aliphatic rings. The van der Waals surface area contributed by atoms with Crippen LogP contribution in [-0.2, 0) is 10.4 Å². The van der Waals surface area contributed by atoms with Crippen molar-refractivity contribution in [2.45, 2.75) is 50.9 Å². The van der Waals surface area contributed by atoms with E-state index in [0.717, 1.165) is 18.4 Å². The van der Waals surface area contributed by atoms with Crippen molar-refractivity contribution in [1.82, 2.24) is 0 Å². The zero-order chi connectivity index (χ0) is 21.4. The first kappa shape index (κ1) is 22.8. The quantitative estimate of drug-likeness (QED) is 0.314. The van der Waals surface area contributed by atoms with Crippen molar-refractivity contribution >= 4 is 60.5 Å². The van der Waals surface area contributed by atoms with Gasteiger partial charge in [0.25, 0.3) is 0 Å². The Labute approximate surface area is 192 Å². The van der Waals surface area contributed by atoms with Gasteiger partial charge in [0.1, 0.15) is 25.8 Å². The number of ketones is 1. The number of hydrogen-bond acceptors (Lipinski definition) is 3.